The second kappa shape index (κ2) is 24.7. The van der Waals surface area contributed by atoms with Crippen LogP contribution in [-0.2, 0) is 40.3 Å². The highest BCUT2D eigenvalue weighted by Gasteiger charge is 2.39. The number of aryl methyl sites for hydroxylation is 1. The molecule has 22 heteroatoms. The summed E-state index contributed by atoms with van der Waals surface area (Å²) in [4.78, 5) is 63.4. The molecule has 0 saturated carbocycles. The minimum Gasteiger partial charge on any atom is -0.508 e. The van der Waals surface area contributed by atoms with Gasteiger partial charge < -0.3 is 50.5 Å². The summed E-state index contributed by atoms with van der Waals surface area (Å²) in [5.41, 5.74) is 4.24. The number of aromatic nitrogens is 2. The number of phenols is 3. The van der Waals surface area contributed by atoms with Crippen LogP contribution in [0.2, 0.25) is 0 Å². The van der Waals surface area contributed by atoms with E-state index >= 15 is 0 Å². The number of aromatic hydroxyl groups is 3. The predicted octanol–water partition coefficient (Wildman–Crippen LogP) is 6.66. The zero-order valence-corrected chi connectivity index (χ0v) is 45.7. The van der Waals surface area contributed by atoms with E-state index < -0.39 is 35.5 Å². The third-order valence-electron chi connectivity index (χ3n) is 15.9. The lowest BCUT2D eigenvalue weighted by Crippen LogP contribution is -2.51. The first-order valence-corrected chi connectivity index (χ1v) is 27.7. The lowest BCUT2D eigenvalue weighted by Gasteiger charge is -2.39. The SMILES string of the molecule is CCC(=O)N1CCN(c2nc(NCCC(=O)N3CCC(CN4CCN(Cc5ccc(N(C(=N)C(=O)NC(C)C(F)(F)F)C(=N)c6cc(CC)c(O)cc6O)cc5)CC4)CC3)nc3c2CCN(c2cc(O)cc4ccccc24)C3)CC1. The molecule has 9 rings (SSSR count). The lowest BCUT2D eigenvalue weighted by atomic mass is 9.95. The average Bonchev–Trinajstić information content (AvgIpc) is 3.45. The maximum absolute atomic E-state index is 13.6. The minimum absolute atomic E-state index is 0.0851. The molecule has 80 heavy (non-hydrogen) atoms. The molecule has 1 atom stereocenters. The normalized spacial score (nSPS) is 17.0. The van der Waals surface area contributed by atoms with Gasteiger partial charge in [0, 0.05) is 139 Å². The Balaban J connectivity index is 0.759. The Hall–Kier alpha value is -7.72. The predicted molar refractivity (Wildman–Crippen MR) is 302 cm³/mol. The van der Waals surface area contributed by atoms with Gasteiger partial charge in [0.15, 0.2) is 5.84 Å². The highest BCUT2D eigenvalue weighted by atomic mass is 19.4. The number of hydrogen-bond donors (Lipinski definition) is 7. The van der Waals surface area contributed by atoms with Gasteiger partial charge in [-0.2, -0.15) is 18.2 Å². The number of benzene rings is 4. The van der Waals surface area contributed by atoms with Crippen molar-refractivity contribution in [3.63, 3.8) is 0 Å². The van der Waals surface area contributed by atoms with Gasteiger partial charge in [-0.25, -0.2) is 4.98 Å². The molecule has 1 aromatic heterocycles. The number of piperidine rings is 1. The maximum Gasteiger partial charge on any atom is 0.408 e. The van der Waals surface area contributed by atoms with E-state index in [1.165, 1.54) is 6.07 Å². The minimum atomic E-state index is -4.77. The fourth-order valence-corrected chi connectivity index (χ4v) is 11.2. The number of hydrogen-bond acceptors (Lipinski definition) is 15. The van der Waals surface area contributed by atoms with Crippen molar-refractivity contribution in [2.24, 2.45) is 5.92 Å². The van der Waals surface area contributed by atoms with Crippen LogP contribution in [0.15, 0.2) is 72.8 Å². The van der Waals surface area contributed by atoms with E-state index in [2.05, 4.69) is 31.0 Å². The number of alkyl halides is 3. The van der Waals surface area contributed by atoms with Crippen LogP contribution >= 0.6 is 0 Å². The summed E-state index contributed by atoms with van der Waals surface area (Å²) in [6.45, 7) is 14.8. The number of fused-ring (bicyclic) bond motifs is 2. The number of amidine groups is 2. The molecule has 426 valence electrons. The molecular formula is C58H72F3N13O6. The monoisotopic (exact) mass is 1100 g/mol. The fourth-order valence-electron chi connectivity index (χ4n) is 11.2. The van der Waals surface area contributed by atoms with Gasteiger partial charge in [-0.15, -0.1) is 0 Å². The number of carbonyl (C=O) groups is 3. The molecule has 19 nitrogen and oxygen atoms in total. The van der Waals surface area contributed by atoms with Gasteiger partial charge in [-0.1, -0.05) is 50.2 Å². The molecule has 4 aromatic carbocycles. The summed E-state index contributed by atoms with van der Waals surface area (Å²) in [7, 11) is 0. The molecule has 0 spiro atoms. The smallest absolute Gasteiger partial charge is 0.408 e. The summed E-state index contributed by atoms with van der Waals surface area (Å²) in [6.07, 6.45) is -1.14. The van der Waals surface area contributed by atoms with E-state index in [1.807, 2.05) is 41.0 Å². The van der Waals surface area contributed by atoms with Crippen LogP contribution < -0.4 is 25.3 Å². The van der Waals surface area contributed by atoms with Gasteiger partial charge >= 0.3 is 6.18 Å². The van der Waals surface area contributed by atoms with E-state index in [-0.39, 0.29) is 34.6 Å². The van der Waals surface area contributed by atoms with Crippen LogP contribution in [0.5, 0.6) is 17.2 Å². The number of phenolic OH excluding ortho intramolecular Hbond substituents is 3. The van der Waals surface area contributed by atoms with Crippen molar-refractivity contribution in [3.8, 4) is 17.2 Å². The molecular weight excluding hydrogens is 1030 g/mol. The highest BCUT2D eigenvalue weighted by molar-refractivity contribution is 6.48. The summed E-state index contributed by atoms with van der Waals surface area (Å²) in [6, 6.07) is 18.5. The van der Waals surface area contributed by atoms with Crippen molar-refractivity contribution < 1.29 is 42.9 Å². The molecule has 3 saturated heterocycles. The number of likely N-dealkylation sites (tertiary alicyclic amines) is 1. The van der Waals surface area contributed by atoms with Crippen LogP contribution in [-0.4, -0.2) is 172 Å². The van der Waals surface area contributed by atoms with E-state index in [0.717, 1.165) is 109 Å². The standard InChI is InChI=1S/C58H72F3N13O6/c1-4-40-31-46(50(77)33-49(40)76)53(62)74(54(63)56(80)65-37(3)58(59,60)61)42-12-10-38(11-13-42)34-68-22-24-69(25-23-68)35-39-15-19-70(20-16-39)52(79)14-18-64-57-66-47-36-73(48-32-43(75)30-41-8-6-7-9-44(41)48)21-17-45(47)55(67-57)72-28-26-71(27-29-72)51(78)5-2/h6-13,30-33,37,39,62-63,75-77H,4-5,14-29,34-36H2,1-3H3,(H,65,80)(H,64,66,67). The van der Waals surface area contributed by atoms with Gasteiger partial charge in [-0.3, -0.25) is 35.0 Å². The quantitative estimate of drug-likeness (QED) is 0.0429. The summed E-state index contributed by atoms with van der Waals surface area (Å²) in [5, 5.41) is 56.5. The van der Waals surface area contributed by atoms with Crippen LogP contribution in [0.25, 0.3) is 10.8 Å². The molecule has 3 fully saturated rings. The first kappa shape index (κ1) is 57.0. The molecule has 0 bridgehead atoms. The molecule has 5 heterocycles. The third-order valence-corrected chi connectivity index (χ3v) is 15.9. The number of nitrogens with one attached hydrogen (secondary N) is 4. The number of piperazine rings is 2. The second-order valence-corrected chi connectivity index (χ2v) is 21.2. The van der Waals surface area contributed by atoms with Gasteiger partial charge in [-0.05, 0) is 79.3 Å². The Kier molecular flexibility index (Phi) is 17.6. The van der Waals surface area contributed by atoms with E-state index in [9.17, 15) is 42.9 Å². The van der Waals surface area contributed by atoms with Gasteiger partial charge in [0.2, 0.25) is 17.8 Å². The molecule has 0 aliphatic carbocycles. The van der Waals surface area contributed by atoms with Crippen molar-refractivity contribution >= 4 is 63.3 Å². The number of anilines is 4. The molecule has 5 aromatic rings. The van der Waals surface area contributed by atoms with E-state index in [1.54, 1.807) is 42.6 Å². The number of nitrogens with zero attached hydrogens (tertiary/aromatic N) is 9. The second-order valence-electron chi connectivity index (χ2n) is 21.2. The Morgan fingerprint density at radius 2 is 1.48 bits per heavy atom. The van der Waals surface area contributed by atoms with Crippen molar-refractivity contribution in [2.45, 2.75) is 84.6 Å². The summed E-state index contributed by atoms with van der Waals surface area (Å²) in [5.74, 6) is -1.35. The Labute approximate surface area is 464 Å². The molecule has 1 unspecified atom stereocenters. The molecule has 3 amide bonds. The summed E-state index contributed by atoms with van der Waals surface area (Å²) >= 11 is 0. The van der Waals surface area contributed by atoms with Gasteiger partial charge in [0.25, 0.3) is 5.91 Å². The number of carbonyl (C=O) groups excluding carboxylic acids is 3. The Morgan fingerprint density at radius 3 is 2.16 bits per heavy atom. The van der Waals surface area contributed by atoms with Gasteiger partial charge in [0.05, 0.1) is 17.8 Å². The van der Waals surface area contributed by atoms with Crippen LogP contribution in [0.3, 0.4) is 0 Å². The van der Waals surface area contributed by atoms with Crippen LogP contribution in [0.4, 0.5) is 36.3 Å². The van der Waals surface area contributed by atoms with Crippen molar-refractivity contribution in [1.29, 1.82) is 10.8 Å². The molecule has 7 N–H and O–H groups in total. The van der Waals surface area contributed by atoms with Crippen molar-refractivity contribution in [1.82, 2.24) is 34.9 Å². The number of rotatable bonds is 15. The fraction of sp³-hybridized carbons (Fsp3) is 0.466. The van der Waals surface area contributed by atoms with Crippen molar-refractivity contribution in [2.75, 3.05) is 105 Å². The van der Waals surface area contributed by atoms with Crippen LogP contribution in [0.1, 0.15) is 74.4 Å². The zero-order valence-electron chi connectivity index (χ0n) is 45.7. The Morgan fingerprint density at radius 1 is 0.787 bits per heavy atom. The topological polar surface area (TPSA) is 232 Å². The molecule has 4 aliphatic rings. The molecule has 4 aliphatic heterocycles. The zero-order chi connectivity index (χ0) is 56.8. The van der Waals surface area contributed by atoms with E-state index in [0.29, 0.717) is 102 Å². The number of amides is 3. The average molecular weight is 1100 g/mol. The largest absolute Gasteiger partial charge is 0.508 e. The van der Waals surface area contributed by atoms with E-state index in [4.69, 9.17) is 20.8 Å². The maximum atomic E-state index is 13.6. The Bertz CT molecular complexity index is 3080. The van der Waals surface area contributed by atoms with Gasteiger partial charge in [0.1, 0.15) is 34.9 Å². The molecule has 0 radical (unpaired) electrons. The highest BCUT2D eigenvalue weighted by Crippen LogP contribution is 2.37. The van der Waals surface area contributed by atoms with Crippen LogP contribution in [0, 0.1) is 16.7 Å². The van der Waals surface area contributed by atoms with Crippen molar-refractivity contribution in [3.05, 3.63) is 101 Å². The first-order chi connectivity index (χ1) is 38.4. The first-order valence-electron chi connectivity index (χ1n) is 27.7. The summed E-state index contributed by atoms with van der Waals surface area (Å²) < 4.78 is 40.2. The lowest BCUT2D eigenvalue weighted by molar-refractivity contribution is -0.156. The number of halogens is 3. The third kappa shape index (κ3) is 13.1.